The first-order chi connectivity index (χ1) is 7.24. The molecule has 0 spiro atoms. The summed E-state index contributed by atoms with van der Waals surface area (Å²) in [6.45, 7) is 2.88. The van der Waals surface area contributed by atoms with Gasteiger partial charge in [-0.25, -0.2) is 4.39 Å². The number of nitrogens with one attached hydrogen (secondary N) is 1. The van der Waals surface area contributed by atoms with E-state index in [0.717, 1.165) is 31.5 Å². The van der Waals surface area contributed by atoms with Crippen LogP contribution in [0.2, 0.25) is 0 Å². The lowest BCUT2D eigenvalue weighted by atomic mass is 10.2. The van der Waals surface area contributed by atoms with Crippen LogP contribution in [0.3, 0.4) is 0 Å². The summed E-state index contributed by atoms with van der Waals surface area (Å²) in [6, 6.07) is 5.03. The molecular weight excluding hydrogens is 193 g/mol. The second-order valence-electron chi connectivity index (χ2n) is 3.68. The van der Waals surface area contributed by atoms with E-state index >= 15 is 0 Å². The van der Waals surface area contributed by atoms with E-state index in [0.29, 0.717) is 5.56 Å². The fraction of sp³-hybridized carbons (Fsp3) is 0.500. The lowest BCUT2D eigenvalue weighted by Gasteiger charge is -2.07. The largest absolute Gasteiger partial charge is 0.396 e. The predicted molar refractivity (Wildman–Crippen MR) is 60.6 cm³/mol. The molecule has 0 aliphatic heterocycles. The molecule has 84 valence electrons. The molecule has 0 aliphatic carbocycles. The number of unbranched alkanes of at least 4 members (excludes halogenated alkanes) is 2. The first-order valence-electron chi connectivity index (χ1n) is 5.35. The number of aliphatic hydroxyl groups is 1. The van der Waals surface area contributed by atoms with Crippen LogP contribution < -0.4 is 5.32 Å². The SMILES string of the molecule is Cc1cc(NCCCCCO)ccc1F. The van der Waals surface area contributed by atoms with Gasteiger partial charge in [-0.1, -0.05) is 0 Å². The average Bonchev–Trinajstić information content (AvgIpc) is 2.23. The highest BCUT2D eigenvalue weighted by atomic mass is 19.1. The molecule has 0 heterocycles. The zero-order valence-electron chi connectivity index (χ0n) is 9.09. The summed E-state index contributed by atoms with van der Waals surface area (Å²) in [4.78, 5) is 0. The molecule has 0 radical (unpaired) electrons. The Labute approximate surface area is 90.1 Å². The van der Waals surface area contributed by atoms with E-state index in [9.17, 15) is 4.39 Å². The van der Waals surface area contributed by atoms with Gasteiger partial charge in [-0.05, 0) is 49.9 Å². The van der Waals surface area contributed by atoms with E-state index in [1.807, 2.05) is 0 Å². The zero-order chi connectivity index (χ0) is 11.1. The Morgan fingerprint density at radius 2 is 2.07 bits per heavy atom. The van der Waals surface area contributed by atoms with Crippen molar-refractivity contribution < 1.29 is 9.50 Å². The molecule has 0 atom stereocenters. The Hall–Kier alpha value is -1.09. The molecular formula is C12H18FNO. The summed E-state index contributed by atoms with van der Waals surface area (Å²) >= 11 is 0. The molecule has 1 aromatic carbocycles. The van der Waals surface area contributed by atoms with Crippen molar-refractivity contribution in [3.8, 4) is 0 Å². The summed E-state index contributed by atoms with van der Waals surface area (Å²) < 4.78 is 12.9. The number of hydrogen-bond donors (Lipinski definition) is 2. The smallest absolute Gasteiger partial charge is 0.126 e. The van der Waals surface area contributed by atoms with Crippen LogP contribution in [0.15, 0.2) is 18.2 Å². The molecule has 2 nitrogen and oxygen atoms in total. The van der Waals surface area contributed by atoms with Crippen molar-refractivity contribution in [2.75, 3.05) is 18.5 Å². The van der Waals surface area contributed by atoms with Gasteiger partial charge < -0.3 is 10.4 Å². The van der Waals surface area contributed by atoms with E-state index in [-0.39, 0.29) is 12.4 Å². The van der Waals surface area contributed by atoms with Crippen molar-refractivity contribution in [3.63, 3.8) is 0 Å². The quantitative estimate of drug-likeness (QED) is 0.709. The second kappa shape index (κ2) is 6.40. The summed E-state index contributed by atoms with van der Waals surface area (Å²) in [5.41, 5.74) is 1.62. The Morgan fingerprint density at radius 1 is 1.27 bits per heavy atom. The maximum Gasteiger partial charge on any atom is 0.126 e. The van der Waals surface area contributed by atoms with Gasteiger partial charge in [0, 0.05) is 18.8 Å². The first kappa shape index (κ1) is 12.0. The summed E-state index contributed by atoms with van der Waals surface area (Å²) in [6.07, 6.45) is 2.89. The predicted octanol–water partition coefficient (Wildman–Crippen LogP) is 2.71. The number of hydrogen-bond acceptors (Lipinski definition) is 2. The van der Waals surface area contributed by atoms with E-state index in [4.69, 9.17) is 5.11 Å². The van der Waals surface area contributed by atoms with Crippen LogP contribution >= 0.6 is 0 Å². The van der Waals surface area contributed by atoms with Crippen LogP contribution in [-0.2, 0) is 0 Å². The number of anilines is 1. The zero-order valence-corrected chi connectivity index (χ0v) is 9.09. The Morgan fingerprint density at radius 3 is 2.73 bits per heavy atom. The monoisotopic (exact) mass is 211 g/mol. The molecule has 2 N–H and O–H groups in total. The van der Waals surface area contributed by atoms with Crippen LogP contribution in [0.4, 0.5) is 10.1 Å². The number of benzene rings is 1. The minimum absolute atomic E-state index is 0.166. The van der Waals surface area contributed by atoms with Crippen molar-refractivity contribution in [1.29, 1.82) is 0 Å². The minimum atomic E-state index is -0.166. The minimum Gasteiger partial charge on any atom is -0.396 e. The maximum absolute atomic E-state index is 12.9. The fourth-order valence-corrected chi connectivity index (χ4v) is 1.40. The van der Waals surface area contributed by atoms with Gasteiger partial charge in [0.1, 0.15) is 5.82 Å². The Balaban J connectivity index is 2.28. The van der Waals surface area contributed by atoms with Crippen LogP contribution in [-0.4, -0.2) is 18.3 Å². The topological polar surface area (TPSA) is 32.3 Å². The van der Waals surface area contributed by atoms with Crippen molar-refractivity contribution in [1.82, 2.24) is 0 Å². The van der Waals surface area contributed by atoms with Gasteiger partial charge in [0.05, 0.1) is 0 Å². The summed E-state index contributed by atoms with van der Waals surface area (Å²) in [5, 5.41) is 11.8. The third kappa shape index (κ3) is 4.30. The first-order valence-corrected chi connectivity index (χ1v) is 5.35. The molecule has 15 heavy (non-hydrogen) atoms. The number of aliphatic hydroxyl groups excluding tert-OH is 1. The number of halogens is 1. The molecule has 0 unspecified atom stereocenters. The Kier molecular flexibility index (Phi) is 5.12. The molecule has 0 fully saturated rings. The van der Waals surface area contributed by atoms with E-state index < -0.39 is 0 Å². The van der Waals surface area contributed by atoms with Crippen molar-refractivity contribution >= 4 is 5.69 Å². The number of aryl methyl sites for hydroxylation is 1. The lowest BCUT2D eigenvalue weighted by molar-refractivity contribution is 0.283. The van der Waals surface area contributed by atoms with Crippen LogP contribution in [0.5, 0.6) is 0 Å². The van der Waals surface area contributed by atoms with Gasteiger partial charge in [0.15, 0.2) is 0 Å². The van der Waals surface area contributed by atoms with Gasteiger partial charge in [-0.15, -0.1) is 0 Å². The van der Waals surface area contributed by atoms with Crippen LogP contribution in [0, 0.1) is 12.7 Å². The standard InChI is InChI=1S/C12H18FNO/c1-10-9-11(5-6-12(10)13)14-7-3-2-4-8-15/h5-6,9,14-15H,2-4,7-8H2,1H3. The molecule has 0 bridgehead atoms. The van der Waals surface area contributed by atoms with E-state index in [1.54, 1.807) is 19.1 Å². The van der Waals surface area contributed by atoms with Crippen molar-refractivity contribution in [2.45, 2.75) is 26.2 Å². The van der Waals surface area contributed by atoms with Gasteiger partial charge in [-0.3, -0.25) is 0 Å². The molecule has 1 aromatic rings. The number of rotatable bonds is 6. The van der Waals surface area contributed by atoms with Gasteiger partial charge >= 0.3 is 0 Å². The molecule has 0 saturated heterocycles. The molecule has 0 saturated carbocycles. The van der Waals surface area contributed by atoms with E-state index in [2.05, 4.69) is 5.32 Å². The molecule has 0 aromatic heterocycles. The van der Waals surface area contributed by atoms with Crippen molar-refractivity contribution in [2.24, 2.45) is 0 Å². The summed E-state index contributed by atoms with van der Waals surface area (Å²) in [7, 11) is 0. The average molecular weight is 211 g/mol. The highest BCUT2D eigenvalue weighted by Gasteiger charge is 1.97. The lowest BCUT2D eigenvalue weighted by Crippen LogP contribution is -2.02. The maximum atomic E-state index is 12.9. The molecule has 1 rings (SSSR count). The Bertz CT molecular complexity index is 302. The highest BCUT2D eigenvalue weighted by molar-refractivity contribution is 5.45. The fourth-order valence-electron chi connectivity index (χ4n) is 1.40. The normalized spacial score (nSPS) is 10.3. The molecule has 3 heteroatoms. The van der Waals surface area contributed by atoms with Crippen LogP contribution in [0.1, 0.15) is 24.8 Å². The highest BCUT2D eigenvalue weighted by Crippen LogP contribution is 2.13. The van der Waals surface area contributed by atoms with Gasteiger partial charge in [0.25, 0.3) is 0 Å². The van der Waals surface area contributed by atoms with Gasteiger partial charge in [0.2, 0.25) is 0 Å². The van der Waals surface area contributed by atoms with Crippen LogP contribution in [0.25, 0.3) is 0 Å². The second-order valence-corrected chi connectivity index (χ2v) is 3.68. The van der Waals surface area contributed by atoms with E-state index in [1.165, 1.54) is 6.07 Å². The summed E-state index contributed by atoms with van der Waals surface area (Å²) in [5.74, 6) is -0.166. The molecule has 0 amide bonds. The van der Waals surface area contributed by atoms with Crippen molar-refractivity contribution in [3.05, 3.63) is 29.6 Å². The van der Waals surface area contributed by atoms with Gasteiger partial charge in [-0.2, -0.15) is 0 Å². The third-order valence-electron chi connectivity index (χ3n) is 2.32. The molecule has 0 aliphatic rings. The third-order valence-corrected chi connectivity index (χ3v) is 2.32.